The molecule has 0 unspecified atom stereocenters. The summed E-state index contributed by atoms with van der Waals surface area (Å²) in [5.41, 5.74) is -0.247. The standard InChI is InChI=1S/C19H17F2N5O3/c1-22-17(27)13-5-4-12(10-14(13)21)23-19(7-2-8-19)18(28)29-26-16-9-11(20)3-6-15(16)24-25-26/h3-6,9-10,23H,2,7-8H2,1H3,(H,22,27). The lowest BCUT2D eigenvalue weighted by Gasteiger charge is -2.40. The van der Waals surface area contributed by atoms with Crippen LogP contribution in [0, 0.1) is 11.6 Å². The highest BCUT2D eigenvalue weighted by molar-refractivity contribution is 5.95. The number of nitrogens with zero attached hydrogens (tertiary/aromatic N) is 3. The smallest absolute Gasteiger partial charge is 0.360 e. The van der Waals surface area contributed by atoms with E-state index in [9.17, 15) is 18.4 Å². The monoisotopic (exact) mass is 401 g/mol. The minimum absolute atomic E-state index is 0.0978. The number of anilines is 1. The van der Waals surface area contributed by atoms with Crippen LogP contribution in [0.25, 0.3) is 11.0 Å². The summed E-state index contributed by atoms with van der Waals surface area (Å²) in [4.78, 5) is 30.7. The van der Waals surface area contributed by atoms with Crippen molar-refractivity contribution >= 4 is 28.6 Å². The molecular weight excluding hydrogens is 384 g/mol. The van der Waals surface area contributed by atoms with Gasteiger partial charge in [0.25, 0.3) is 5.91 Å². The van der Waals surface area contributed by atoms with Crippen LogP contribution in [-0.2, 0) is 4.79 Å². The first-order valence-corrected chi connectivity index (χ1v) is 8.95. The fourth-order valence-corrected chi connectivity index (χ4v) is 3.20. The van der Waals surface area contributed by atoms with Crippen LogP contribution in [0.5, 0.6) is 0 Å². The van der Waals surface area contributed by atoms with E-state index in [1.54, 1.807) is 0 Å². The van der Waals surface area contributed by atoms with Crippen molar-refractivity contribution < 1.29 is 23.2 Å². The van der Waals surface area contributed by atoms with Crippen molar-refractivity contribution in [2.45, 2.75) is 24.8 Å². The second kappa shape index (κ2) is 7.12. The van der Waals surface area contributed by atoms with E-state index in [2.05, 4.69) is 20.9 Å². The zero-order valence-electron chi connectivity index (χ0n) is 15.4. The average molecular weight is 401 g/mol. The summed E-state index contributed by atoms with van der Waals surface area (Å²) in [5, 5.41) is 12.9. The number of hydrogen-bond donors (Lipinski definition) is 2. The van der Waals surface area contributed by atoms with Crippen LogP contribution in [0.15, 0.2) is 36.4 Å². The molecule has 0 spiro atoms. The molecule has 0 saturated heterocycles. The predicted octanol–water partition coefficient (Wildman–Crippen LogP) is 2.06. The van der Waals surface area contributed by atoms with Gasteiger partial charge in [0.1, 0.15) is 28.2 Å². The fourth-order valence-electron chi connectivity index (χ4n) is 3.20. The minimum atomic E-state index is -1.08. The van der Waals surface area contributed by atoms with Crippen LogP contribution in [0.1, 0.15) is 29.6 Å². The number of nitrogens with one attached hydrogen (secondary N) is 2. The van der Waals surface area contributed by atoms with Gasteiger partial charge in [-0.1, -0.05) is 4.85 Å². The Morgan fingerprint density at radius 3 is 2.62 bits per heavy atom. The van der Waals surface area contributed by atoms with Gasteiger partial charge in [-0.05, 0) is 54.8 Å². The van der Waals surface area contributed by atoms with Gasteiger partial charge in [-0.25, -0.2) is 13.6 Å². The minimum Gasteiger partial charge on any atom is -0.370 e. The molecule has 0 aliphatic heterocycles. The molecule has 29 heavy (non-hydrogen) atoms. The first-order valence-electron chi connectivity index (χ1n) is 8.95. The van der Waals surface area contributed by atoms with Crippen LogP contribution < -0.4 is 15.5 Å². The van der Waals surface area contributed by atoms with Crippen LogP contribution in [0.2, 0.25) is 0 Å². The van der Waals surface area contributed by atoms with Gasteiger partial charge >= 0.3 is 5.97 Å². The second-order valence-corrected chi connectivity index (χ2v) is 6.81. The Kier molecular flexibility index (Phi) is 4.61. The van der Waals surface area contributed by atoms with Crippen LogP contribution >= 0.6 is 0 Å². The molecular formula is C19H17F2N5O3. The molecule has 1 aromatic heterocycles. The summed E-state index contributed by atoms with van der Waals surface area (Å²) in [7, 11) is 1.41. The molecule has 8 nitrogen and oxygen atoms in total. The molecule has 1 aliphatic rings. The maximum atomic E-state index is 14.2. The normalized spacial score (nSPS) is 14.9. The quantitative estimate of drug-likeness (QED) is 0.635. The number of hydrogen-bond acceptors (Lipinski definition) is 6. The highest BCUT2D eigenvalue weighted by atomic mass is 19.1. The van der Waals surface area contributed by atoms with Gasteiger partial charge < -0.3 is 15.5 Å². The van der Waals surface area contributed by atoms with Gasteiger partial charge in [-0.15, -0.1) is 5.10 Å². The lowest BCUT2D eigenvalue weighted by molar-refractivity contribution is -0.154. The number of amides is 1. The van der Waals surface area contributed by atoms with Gasteiger partial charge in [0.15, 0.2) is 0 Å². The average Bonchev–Trinajstić information content (AvgIpc) is 3.06. The SMILES string of the molecule is CNC(=O)c1ccc(NC2(C(=O)On3nnc4ccc(F)cc43)CCC2)cc1F. The van der Waals surface area contributed by atoms with E-state index in [4.69, 9.17) is 4.84 Å². The number of fused-ring (bicyclic) bond motifs is 1. The number of carbonyl (C=O) groups is 2. The summed E-state index contributed by atoms with van der Waals surface area (Å²) < 4.78 is 27.7. The van der Waals surface area contributed by atoms with E-state index in [1.807, 2.05) is 0 Å². The summed E-state index contributed by atoms with van der Waals surface area (Å²) in [6.07, 6.45) is 1.70. The van der Waals surface area contributed by atoms with Crippen molar-refractivity contribution in [3.05, 3.63) is 53.6 Å². The van der Waals surface area contributed by atoms with Crippen molar-refractivity contribution in [1.82, 2.24) is 20.5 Å². The third kappa shape index (κ3) is 3.37. The second-order valence-electron chi connectivity index (χ2n) is 6.81. The van der Waals surface area contributed by atoms with E-state index in [0.717, 1.165) is 23.4 Å². The van der Waals surface area contributed by atoms with Crippen molar-refractivity contribution in [1.29, 1.82) is 0 Å². The summed E-state index contributed by atoms with van der Waals surface area (Å²) in [5.74, 6) is -2.41. The molecule has 3 aromatic rings. The molecule has 4 rings (SSSR count). The lowest BCUT2D eigenvalue weighted by atomic mass is 9.76. The summed E-state index contributed by atoms with van der Waals surface area (Å²) in [6.45, 7) is 0. The highest BCUT2D eigenvalue weighted by Crippen LogP contribution is 2.36. The Hall–Kier alpha value is -3.56. The number of benzene rings is 2. The van der Waals surface area contributed by atoms with Crippen LogP contribution in [0.4, 0.5) is 14.5 Å². The van der Waals surface area contributed by atoms with Gasteiger partial charge in [0, 0.05) is 18.8 Å². The van der Waals surface area contributed by atoms with E-state index in [0.29, 0.717) is 24.0 Å². The molecule has 1 aliphatic carbocycles. The third-order valence-corrected chi connectivity index (χ3v) is 4.97. The molecule has 10 heteroatoms. The molecule has 150 valence electrons. The Morgan fingerprint density at radius 1 is 1.17 bits per heavy atom. The summed E-state index contributed by atoms with van der Waals surface area (Å²) in [6, 6.07) is 7.82. The summed E-state index contributed by atoms with van der Waals surface area (Å²) >= 11 is 0. The number of halogens is 2. The largest absolute Gasteiger partial charge is 0.370 e. The molecule has 2 aromatic carbocycles. The Bertz CT molecular complexity index is 1110. The van der Waals surface area contributed by atoms with Crippen LogP contribution in [-0.4, -0.2) is 39.6 Å². The molecule has 0 bridgehead atoms. The van der Waals surface area contributed by atoms with Crippen molar-refractivity contribution in [3.63, 3.8) is 0 Å². The first-order chi connectivity index (χ1) is 13.9. The molecule has 1 amide bonds. The zero-order valence-corrected chi connectivity index (χ0v) is 15.4. The van der Waals surface area contributed by atoms with E-state index >= 15 is 0 Å². The molecule has 0 atom stereocenters. The topological polar surface area (TPSA) is 98.1 Å². The maximum Gasteiger partial charge on any atom is 0.360 e. The molecule has 1 saturated carbocycles. The van der Waals surface area contributed by atoms with E-state index < -0.39 is 29.0 Å². The van der Waals surface area contributed by atoms with Gasteiger partial charge in [0.05, 0.1) is 5.56 Å². The van der Waals surface area contributed by atoms with Crippen molar-refractivity contribution in [3.8, 4) is 0 Å². The molecule has 1 fully saturated rings. The number of rotatable bonds is 5. The Balaban J connectivity index is 1.56. The lowest BCUT2D eigenvalue weighted by Crippen LogP contribution is -2.55. The number of aromatic nitrogens is 3. The van der Waals surface area contributed by atoms with Gasteiger partial charge in [0.2, 0.25) is 0 Å². The van der Waals surface area contributed by atoms with Crippen LogP contribution in [0.3, 0.4) is 0 Å². The highest BCUT2D eigenvalue weighted by Gasteiger charge is 2.47. The van der Waals surface area contributed by atoms with Gasteiger partial charge in [-0.3, -0.25) is 4.79 Å². The van der Waals surface area contributed by atoms with E-state index in [1.165, 1.54) is 31.3 Å². The first kappa shape index (κ1) is 18.8. The molecule has 0 radical (unpaired) electrons. The molecule has 1 heterocycles. The van der Waals surface area contributed by atoms with E-state index in [-0.39, 0.29) is 11.1 Å². The predicted molar refractivity (Wildman–Crippen MR) is 99.1 cm³/mol. The van der Waals surface area contributed by atoms with Crippen molar-refractivity contribution in [2.24, 2.45) is 0 Å². The maximum absolute atomic E-state index is 14.2. The zero-order chi connectivity index (χ0) is 20.6. The third-order valence-electron chi connectivity index (χ3n) is 4.97. The molecule has 2 N–H and O–H groups in total. The number of carbonyl (C=O) groups excluding carboxylic acids is 2. The fraction of sp³-hybridized carbons (Fsp3) is 0.263. The van der Waals surface area contributed by atoms with Gasteiger partial charge in [-0.2, -0.15) is 0 Å². The Labute approximate surface area is 163 Å². The van der Waals surface area contributed by atoms with Crippen molar-refractivity contribution in [2.75, 3.05) is 12.4 Å². The Morgan fingerprint density at radius 2 is 1.97 bits per heavy atom.